The van der Waals surface area contributed by atoms with Crippen LogP contribution in [0.5, 0.6) is 0 Å². The molecule has 150 valence electrons. The monoisotopic (exact) mass is 394 g/mol. The standard InChI is InChI=1S/C21H22N4O4/c26-19(22-9-7-15-4-3-11-29-15)12-18-20(27)25(21(28)24-18)10-8-14-13-23-17-6-2-1-5-16(14)17/h1-6,11,13,18,23H,7-10,12H2,(H,22,26)(H,24,28)/t18-/m1/s1. The molecule has 1 aliphatic heterocycles. The highest BCUT2D eigenvalue weighted by Crippen LogP contribution is 2.19. The maximum absolute atomic E-state index is 12.6. The van der Waals surface area contributed by atoms with E-state index in [1.54, 1.807) is 12.3 Å². The summed E-state index contributed by atoms with van der Waals surface area (Å²) in [4.78, 5) is 41.3. The van der Waals surface area contributed by atoms with Crippen molar-refractivity contribution in [2.45, 2.75) is 25.3 Å². The molecule has 3 N–H and O–H groups in total. The molecule has 0 saturated carbocycles. The summed E-state index contributed by atoms with van der Waals surface area (Å²) in [5.41, 5.74) is 2.06. The Morgan fingerprint density at radius 2 is 2.00 bits per heavy atom. The van der Waals surface area contributed by atoms with Crippen LogP contribution in [0, 0.1) is 0 Å². The molecule has 8 nitrogen and oxygen atoms in total. The lowest BCUT2D eigenvalue weighted by Gasteiger charge is -2.12. The third-order valence-electron chi connectivity index (χ3n) is 5.05. The number of imide groups is 1. The highest BCUT2D eigenvalue weighted by molar-refractivity contribution is 6.05. The highest BCUT2D eigenvalue weighted by Gasteiger charge is 2.38. The number of hydrogen-bond donors (Lipinski definition) is 3. The van der Waals surface area contributed by atoms with Gasteiger partial charge in [-0.3, -0.25) is 14.5 Å². The molecular formula is C21H22N4O4. The number of rotatable bonds is 8. The zero-order chi connectivity index (χ0) is 20.2. The summed E-state index contributed by atoms with van der Waals surface area (Å²) in [6.07, 6.45) is 4.51. The van der Waals surface area contributed by atoms with Crippen LogP contribution in [0.15, 0.2) is 53.3 Å². The predicted octanol–water partition coefficient (Wildman–Crippen LogP) is 1.97. The zero-order valence-electron chi connectivity index (χ0n) is 15.8. The molecular weight excluding hydrogens is 372 g/mol. The van der Waals surface area contributed by atoms with Crippen LogP contribution in [-0.2, 0) is 22.4 Å². The van der Waals surface area contributed by atoms with E-state index < -0.39 is 12.1 Å². The minimum absolute atomic E-state index is 0.0771. The van der Waals surface area contributed by atoms with Gasteiger partial charge in [-0.1, -0.05) is 18.2 Å². The van der Waals surface area contributed by atoms with E-state index in [0.717, 1.165) is 22.2 Å². The number of aromatic amines is 1. The van der Waals surface area contributed by atoms with Gasteiger partial charge in [0.2, 0.25) is 5.91 Å². The first-order valence-corrected chi connectivity index (χ1v) is 9.58. The molecule has 0 bridgehead atoms. The van der Waals surface area contributed by atoms with Crippen LogP contribution < -0.4 is 10.6 Å². The largest absolute Gasteiger partial charge is 0.469 e. The third-order valence-corrected chi connectivity index (χ3v) is 5.05. The van der Waals surface area contributed by atoms with Crippen molar-refractivity contribution < 1.29 is 18.8 Å². The number of nitrogens with zero attached hydrogens (tertiary/aromatic N) is 1. The number of carbonyl (C=O) groups is 3. The van der Waals surface area contributed by atoms with Crippen molar-refractivity contribution in [2.75, 3.05) is 13.1 Å². The Hall–Kier alpha value is -3.55. The van der Waals surface area contributed by atoms with Crippen LogP contribution in [0.3, 0.4) is 0 Å². The van der Waals surface area contributed by atoms with Gasteiger partial charge in [-0.05, 0) is 30.2 Å². The van der Waals surface area contributed by atoms with Crippen molar-refractivity contribution in [2.24, 2.45) is 0 Å². The number of urea groups is 1. The topological polar surface area (TPSA) is 107 Å². The molecule has 1 aliphatic rings. The number of para-hydroxylation sites is 1. The van der Waals surface area contributed by atoms with Gasteiger partial charge in [0.15, 0.2) is 0 Å². The van der Waals surface area contributed by atoms with E-state index in [1.807, 2.05) is 36.5 Å². The highest BCUT2D eigenvalue weighted by atomic mass is 16.3. The minimum atomic E-state index is -0.825. The summed E-state index contributed by atoms with van der Waals surface area (Å²) in [5, 5.41) is 6.43. The molecule has 29 heavy (non-hydrogen) atoms. The van der Waals surface area contributed by atoms with Gasteiger partial charge < -0.3 is 20.0 Å². The van der Waals surface area contributed by atoms with Gasteiger partial charge in [0.1, 0.15) is 11.8 Å². The van der Waals surface area contributed by atoms with E-state index in [2.05, 4.69) is 15.6 Å². The average Bonchev–Trinajstić information content (AvgIpc) is 3.42. The van der Waals surface area contributed by atoms with E-state index in [9.17, 15) is 14.4 Å². The van der Waals surface area contributed by atoms with Gasteiger partial charge in [0.05, 0.1) is 12.7 Å². The number of H-pyrrole nitrogens is 1. The second kappa shape index (κ2) is 8.22. The van der Waals surface area contributed by atoms with Crippen molar-refractivity contribution in [1.29, 1.82) is 0 Å². The molecule has 1 saturated heterocycles. The first kappa shape index (κ1) is 18.8. The lowest BCUT2D eigenvalue weighted by atomic mass is 10.1. The van der Waals surface area contributed by atoms with Crippen molar-refractivity contribution in [3.8, 4) is 0 Å². The van der Waals surface area contributed by atoms with Crippen LogP contribution in [0.2, 0.25) is 0 Å². The fraction of sp³-hybridized carbons (Fsp3) is 0.286. The van der Waals surface area contributed by atoms with Crippen molar-refractivity contribution >= 4 is 28.7 Å². The zero-order valence-corrected chi connectivity index (χ0v) is 15.8. The Labute approximate surface area is 167 Å². The number of carbonyl (C=O) groups excluding carboxylic acids is 3. The summed E-state index contributed by atoms with van der Waals surface area (Å²) in [5.74, 6) is 0.128. The first-order chi connectivity index (χ1) is 14.1. The molecule has 0 aliphatic carbocycles. The van der Waals surface area contributed by atoms with Gasteiger partial charge in [-0.15, -0.1) is 0 Å². The van der Waals surface area contributed by atoms with Crippen LogP contribution in [0.1, 0.15) is 17.7 Å². The van der Waals surface area contributed by atoms with Gasteiger partial charge in [-0.2, -0.15) is 0 Å². The van der Waals surface area contributed by atoms with Crippen LogP contribution in [-0.4, -0.2) is 46.9 Å². The molecule has 4 amide bonds. The number of aromatic nitrogens is 1. The van der Waals surface area contributed by atoms with Crippen molar-refractivity contribution in [3.05, 3.63) is 60.2 Å². The van der Waals surface area contributed by atoms with Crippen LogP contribution >= 0.6 is 0 Å². The molecule has 3 aromatic rings. The lowest BCUT2D eigenvalue weighted by Crippen LogP contribution is -2.37. The van der Waals surface area contributed by atoms with E-state index in [-0.39, 0.29) is 24.8 Å². The summed E-state index contributed by atoms with van der Waals surface area (Å²) in [7, 11) is 0. The van der Waals surface area contributed by atoms with E-state index in [1.165, 1.54) is 4.90 Å². The van der Waals surface area contributed by atoms with Crippen LogP contribution in [0.25, 0.3) is 10.9 Å². The summed E-state index contributed by atoms with van der Waals surface area (Å²) in [6.45, 7) is 0.675. The quantitative estimate of drug-likeness (QED) is 0.508. The second-order valence-corrected chi connectivity index (χ2v) is 6.98. The maximum Gasteiger partial charge on any atom is 0.324 e. The SMILES string of the molecule is O=C(C[C@H]1NC(=O)N(CCc2c[nH]c3ccccc23)C1=O)NCCc1ccco1. The average molecular weight is 394 g/mol. The maximum atomic E-state index is 12.6. The van der Waals surface area contributed by atoms with Crippen LogP contribution in [0.4, 0.5) is 4.79 Å². The van der Waals surface area contributed by atoms with Gasteiger partial charge in [0, 0.05) is 36.6 Å². The van der Waals surface area contributed by atoms with E-state index in [4.69, 9.17) is 4.42 Å². The number of nitrogens with one attached hydrogen (secondary N) is 3. The number of furan rings is 1. The van der Waals surface area contributed by atoms with Gasteiger partial charge in [-0.25, -0.2) is 4.79 Å². The van der Waals surface area contributed by atoms with E-state index in [0.29, 0.717) is 19.4 Å². The molecule has 0 unspecified atom stereocenters. The Morgan fingerprint density at radius 1 is 1.14 bits per heavy atom. The fourth-order valence-electron chi connectivity index (χ4n) is 3.54. The Balaban J connectivity index is 1.28. The molecule has 0 spiro atoms. The molecule has 2 aromatic heterocycles. The molecule has 1 fully saturated rings. The predicted molar refractivity (Wildman–Crippen MR) is 106 cm³/mol. The summed E-state index contributed by atoms with van der Waals surface area (Å²) in [6, 6.07) is 10.2. The molecule has 4 rings (SSSR count). The summed E-state index contributed by atoms with van der Waals surface area (Å²) < 4.78 is 5.21. The normalized spacial score (nSPS) is 16.4. The van der Waals surface area contributed by atoms with Crippen molar-refractivity contribution in [1.82, 2.24) is 20.5 Å². The third kappa shape index (κ3) is 4.16. The Morgan fingerprint density at radius 3 is 2.83 bits per heavy atom. The number of fused-ring (bicyclic) bond motifs is 1. The number of hydrogen-bond acceptors (Lipinski definition) is 4. The minimum Gasteiger partial charge on any atom is -0.469 e. The molecule has 1 atom stereocenters. The first-order valence-electron chi connectivity index (χ1n) is 9.58. The number of amides is 4. The van der Waals surface area contributed by atoms with E-state index >= 15 is 0 Å². The second-order valence-electron chi connectivity index (χ2n) is 6.98. The molecule has 3 heterocycles. The van der Waals surface area contributed by atoms with Gasteiger partial charge >= 0.3 is 6.03 Å². The number of benzene rings is 1. The molecule has 8 heteroatoms. The molecule has 1 aromatic carbocycles. The molecule has 0 radical (unpaired) electrons. The Bertz CT molecular complexity index is 1020. The smallest absolute Gasteiger partial charge is 0.324 e. The lowest BCUT2D eigenvalue weighted by molar-refractivity contribution is -0.130. The summed E-state index contributed by atoms with van der Waals surface area (Å²) >= 11 is 0. The fourth-order valence-corrected chi connectivity index (χ4v) is 3.54. The van der Waals surface area contributed by atoms with Crippen molar-refractivity contribution in [3.63, 3.8) is 0 Å². The van der Waals surface area contributed by atoms with Gasteiger partial charge in [0.25, 0.3) is 5.91 Å². The Kier molecular flexibility index (Phi) is 5.33.